The summed E-state index contributed by atoms with van der Waals surface area (Å²) in [5, 5.41) is 15.3. The maximum Gasteiger partial charge on any atom is 0.411 e. The fourth-order valence-corrected chi connectivity index (χ4v) is 5.78. The second-order valence-corrected chi connectivity index (χ2v) is 11.0. The average molecular weight is 613 g/mol. The predicted molar refractivity (Wildman–Crippen MR) is 175 cm³/mol. The molecule has 0 heterocycles. The van der Waals surface area contributed by atoms with E-state index in [1.165, 1.54) is 0 Å². The Morgan fingerprint density at radius 3 is 1.91 bits per heavy atom. The van der Waals surface area contributed by atoms with Gasteiger partial charge < -0.3 is 19.9 Å². The summed E-state index contributed by atoms with van der Waals surface area (Å²) in [5.74, 6) is -1.36. The van der Waals surface area contributed by atoms with Crippen molar-refractivity contribution >= 4 is 23.8 Å². The molecule has 6 rings (SSSR count). The number of hydrogen-bond acceptors (Lipinski definition) is 5. The van der Waals surface area contributed by atoms with Crippen LogP contribution in [0.4, 0.5) is 15.3 Å². The van der Waals surface area contributed by atoms with E-state index in [9.17, 15) is 19.5 Å². The molecule has 5 aromatic carbocycles. The van der Waals surface area contributed by atoms with Gasteiger partial charge in [0.2, 0.25) is 0 Å². The Hall–Kier alpha value is -5.89. The SMILES string of the molecule is O=C(Nc1cc(C[C@@H](NC(=O)OCC2c3ccccc3-c3ccccc32)C(=O)O)ccc1-c1ccccc1)OCc1ccccc1. The van der Waals surface area contributed by atoms with Crippen LogP contribution in [0.2, 0.25) is 0 Å². The molecule has 230 valence electrons. The molecule has 0 saturated heterocycles. The Bertz CT molecular complexity index is 1810. The zero-order valence-electron chi connectivity index (χ0n) is 24.9. The number of ether oxygens (including phenoxy) is 2. The quantitative estimate of drug-likeness (QED) is 0.149. The molecule has 5 aromatic rings. The van der Waals surface area contributed by atoms with Crippen LogP contribution in [0.15, 0.2) is 127 Å². The van der Waals surface area contributed by atoms with Crippen molar-refractivity contribution in [3.8, 4) is 22.3 Å². The van der Waals surface area contributed by atoms with Crippen LogP contribution in [0.1, 0.15) is 28.2 Å². The third-order valence-electron chi connectivity index (χ3n) is 7.99. The number of carboxylic acid groups (broad SMARTS) is 1. The van der Waals surface area contributed by atoms with Gasteiger partial charge in [0.1, 0.15) is 19.3 Å². The van der Waals surface area contributed by atoms with E-state index in [4.69, 9.17) is 9.47 Å². The van der Waals surface area contributed by atoms with Gasteiger partial charge >= 0.3 is 18.2 Å². The van der Waals surface area contributed by atoms with Gasteiger partial charge in [-0.2, -0.15) is 0 Å². The van der Waals surface area contributed by atoms with Crippen molar-refractivity contribution in [3.63, 3.8) is 0 Å². The summed E-state index contributed by atoms with van der Waals surface area (Å²) < 4.78 is 11.0. The largest absolute Gasteiger partial charge is 0.480 e. The molecular weight excluding hydrogens is 580 g/mol. The molecule has 8 nitrogen and oxygen atoms in total. The number of aliphatic carboxylic acids is 1. The topological polar surface area (TPSA) is 114 Å². The molecule has 0 radical (unpaired) electrons. The number of carboxylic acids is 1. The first-order valence-corrected chi connectivity index (χ1v) is 15.0. The Morgan fingerprint density at radius 2 is 1.26 bits per heavy atom. The number of rotatable bonds is 10. The van der Waals surface area contributed by atoms with E-state index in [1.807, 2.05) is 115 Å². The number of benzene rings is 5. The highest BCUT2D eigenvalue weighted by molar-refractivity contribution is 5.92. The summed E-state index contributed by atoms with van der Waals surface area (Å²) >= 11 is 0. The van der Waals surface area contributed by atoms with Gasteiger partial charge in [0.05, 0.1) is 5.69 Å². The molecule has 1 atom stereocenters. The first kappa shape index (κ1) is 30.1. The number of carbonyl (C=O) groups is 3. The van der Waals surface area contributed by atoms with E-state index in [2.05, 4.69) is 10.6 Å². The van der Waals surface area contributed by atoms with Crippen molar-refractivity contribution in [2.75, 3.05) is 11.9 Å². The van der Waals surface area contributed by atoms with Crippen LogP contribution in [0, 0.1) is 0 Å². The Balaban J connectivity index is 1.14. The second kappa shape index (κ2) is 13.8. The Morgan fingerprint density at radius 1 is 0.652 bits per heavy atom. The third kappa shape index (κ3) is 6.92. The van der Waals surface area contributed by atoms with Gasteiger partial charge in [0.15, 0.2) is 0 Å². The van der Waals surface area contributed by atoms with Crippen LogP contribution >= 0.6 is 0 Å². The first-order valence-electron chi connectivity index (χ1n) is 15.0. The molecule has 0 spiro atoms. The highest BCUT2D eigenvalue weighted by Crippen LogP contribution is 2.44. The van der Waals surface area contributed by atoms with Crippen LogP contribution in [-0.4, -0.2) is 35.9 Å². The van der Waals surface area contributed by atoms with Crippen molar-refractivity contribution in [1.29, 1.82) is 0 Å². The molecular formula is C38H32N2O6. The van der Waals surface area contributed by atoms with Crippen molar-refractivity contribution in [1.82, 2.24) is 5.32 Å². The zero-order valence-corrected chi connectivity index (χ0v) is 24.9. The van der Waals surface area contributed by atoms with E-state index >= 15 is 0 Å². The van der Waals surface area contributed by atoms with Crippen molar-refractivity contribution in [2.24, 2.45) is 0 Å². The van der Waals surface area contributed by atoms with Crippen molar-refractivity contribution in [3.05, 3.63) is 150 Å². The van der Waals surface area contributed by atoms with Crippen LogP contribution in [-0.2, 0) is 27.3 Å². The standard InChI is InChI=1S/C38H32N2O6/c41-36(42)35(40-38(44)46-24-33-31-17-9-7-15-29(31)30-16-8-10-18-32(30)33)22-26-19-20-28(27-13-5-2-6-14-27)34(21-26)39-37(43)45-23-25-11-3-1-4-12-25/h1-21,33,35H,22-24H2,(H,39,43)(H,40,44)(H,41,42)/t35-/m1/s1. The Labute approximate surface area is 266 Å². The number of nitrogens with one attached hydrogen (secondary N) is 2. The van der Waals surface area contributed by atoms with Gasteiger partial charge in [0.25, 0.3) is 0 Å². The minimum Gasteiger partial charge on any atom is -0.480 e. The number of fused-ring (bicyclic) bond motifs is 3. The van der Waals surface area contributed by atoms with Gasteiger partial charge in [0, 0.05) is 17.9 Å². The molecule has 0 fully saturated rings. The lowest BCUT2D eigenvalue weighted by Gasteiger charge is -2.18. The number of hydrogen-bond donors (Lipinski definition) is 3. The number of alkyl carbamates (subject to hydrolysis) is 1. The maximum absolute atomic E-state index is 12.9. The van der Waals surface area contributed by atoms with Crippen molar-refractivity contribution in [2.45, 2.75) is 25.0 Å². The minimum absolute atomic E-state index is 0.0393. The van der Waals surface area contributed by atoms with E-state index in [1.54, 1.807) is 12.1 Å². The lowest BCUT2D eigenvalue weighted by Crippen LogP contribution is -2.42. The average Bonchev–Trinajstić information content (AvgIpc) is 3.40. The van der Waals surface area contributed by atoms with Crippen LogP contribution in [0.25, 0.3) is 22.3 Å². The highest BCUT2D eigenvalue weighted by atomic mass is 16.6. The minimum atomic E-state index is -1.27. The lowest BCUT2D eigenvalue weighted by molar-refractivity contribution is -0.139. The summed E-state index contributed by atoms with van der Waals surface area (Å²) in [7, 11) is 0. The zero-order chi connectivity index (χ0) is 31.9. The molecule has 46 heavy (non-hydrogen) atoms. The van der Waals surface area contributed by atoms with Crippen molar-refractivity contribution < 1.29 is 29.0 Å². The summed E-state index contributed by atoms with van der Waals surface area (Å²) in [6.45, 7) is 0.162. The third-order valence-corrected chi connectivity index (χ3v) is 7.99. The van der Waals surface area contributed by atoms with E-state index < -0.39 is 24.2 Å². The molecule has 0 aromatic heterocycles. The summed E-state index contributed by atoms with van der Waals surface area (Å²) in [4.78, 5) is 37.9. The summed E-state index contributed by atoms with van der Waals surface area (Å²) in [5.41, 5.74) is 7.80. The molecule has 8 heteroatoms. The van der Waals surface area contributed by atoms with E-state index in [0.29, 0.717) is 11.3 Å². The highest BCUT2D eigenvalue weighted by Gasteiger charge is 2.30. The summed E-state index contributed by atoms with van der Waals surface area (Å²) in [6, 6.07) is 38.8. The molecule has 1 aliphatic rings. The number of amides is 2. The Kier molecular flexibility index (Phi) is 9.06. The second-order valence-electron chi connectivity index (χ2n) is 11.0. The van der Waals surface area contributed by atoms with Gasteiger partial charge in [-0.05, 0) is 45.0 Å². The molecule has 3 N–H and O–H groups in total. The predicted octanol–water partition coefficient (Wildman–Crippen LogP) is 7.64. The number of carbonyl (C=O) groups excluding carboxylic acids is 2. The van der Waals surface area contributed by atoms with E-state index in [0.717, 1.165) is 38.9 Å². The molecule has 1 aliphatic carbocycles. The van der Waals surface area contributed by atoms with Gasteiger partial charge in [-0.1, -0.05) is 121 Å². The van der Waals surface area contributed by atoms with Gasteiger partial charge in [-0.15, -0.1) is 0 Å². The van der Waals surface area contributed by atoms with Crippen LogP contribution < -0.4 is 10.6 Å². The molecule has 0 aliphatic heterocycles. The number of anilines is 1. The fraction of sp³-hybridized carbons (Fsp3) is 0.132. The first-order chi connectivity index (χ1) is 22.5. The maximum atomic E-state index is 12.9. The lowest BCUT2D eigenvalue weighted by atomic mass is 9.98. The van der Waals surface area contributed by atoms with Gasteiger partial charge in [-0.3, -0.25) is 5.32 Å². The molecule has 2 amide bonds. The van der Waals surface area contributed by atoms with E-state index in [-0.39, 0.29) is 25.6 Å². The molecule has 0 unspecified atom stereocenters. The normalized spacial score (nSPS) is 12.3. The van der Waals surface area contributed by atoms with Crippen LogP contribution in [0.5, 0.6) is 0 Å². The monoisotopic (exact) mass is 612 g/mol. The molecule has 0 saturated carbocycles. The van der Waals surface area contributed by atoms with Crippen LogP contribution in [0.3, 0.4) is 0 Å². The fourth-order valence-electron chi connectivity index (χ4n) is 5.78. The van der Waals surface area contributed by atoms with Gasteiger partial charge in [-0.25, -0.2) is 14.4 Å². The smallest absolute Gasteiger partial charge is 0.411 e. The molecule has 0 bridgehead atoms. The summed E-state index contributed by atoms with van der Waals surface area (Å²) in [6.07, 6.45) is -1.51.